The number of rotatable bonds is 2. The van der Waals surface area contributed by atoms with E-state index in [-0.39, 0.29) is 36.7 Å². The molecule has 1 aromatic rings. The number of hydrogen-bond donors (Lipinski definition) is 0. The van der Waals surface area contributed by atoms with Crippen LogP contribution in [0.2, 0.25) is 0 Å². The maximum Gasteiger partial charge on any atom is 0.257 e. The molecule has 9 nitrogen and oxygen atoms in total. The average Bonchev–Trinajstić information content (AvgIpc) is 2.85. The number of methoxy groups -OCH3 is 2. The van der Waals surface area contributed by atoms with Crippen LogP contribution in [-0.2, 0) is 19.0 Å². The fourth-order valence-corrected chi connectivity index (χ4v) is 4.64. The highest BCUT2D eigenvalue weighted by Crippen LogP contribution is 2.27. The van der Waals surface area contributed by atoms with Gasteiger partial charge in [-0.2, -0.15) is 5.26 Å². The lowest BCUT2D eigenvalue weighted by molar-refractivity contribution is -0.154. The molecule has 186 valence electrons. The van der Waals surface area contributed by atoms with E-state index in [1.54, 1.807) is 45.2 Å². The summed E-state index contributed by atoms with van der Waals surface area (Å²) in [6, 6.07) is 6.90. The standard InChI is InChI=1S/C25H35N3O6/c1-16-22(32-5)14-28(3)25(30)19-12-17(13-26)6-8-20(19)33-11-10-18-7-9-21(31-4)23(34-18)15-27(2)24(16)29/h6,8,12,16,18,21-23H,7,9-11,14-15H2,1-5H3/t16-,18+,21-,22-,23+/m0/s1. The van der Waals surface area contributed by atoms with E-state index in [1.165, 1.54) is 18.1 Å². The molecule has 2 amide bonds. The quantitative estimate of drug-likeness (QED) is 0.648. The Morgan fingerprint density at radius 2 is 1.76 bits per heavy atom. The number of nitriles is 1. The minimum atomic E-state index is -0.515. The summed E-state index contributed by atoms with van der Waals surface area (Å²) < 4.78 is 23.6. The number of benzene rings is 1. The molecule has 0 aliphatic carbocycles. The SMILES string of the molecule is CO[C@H]1CN(C)C(=O)c2cc(C#N)ccc2OCC[C@H]2CC[C@H](OC)[C@@H](CN(C)C(=O)[C@H]1C)O2. The maximum absolute atomic E-state index is 13.3. The Labute approximate surface area is 201 Å². The molecule has 1 aromatic carbocycles. The number of carbonyl (C=O) groups excluding carboxylic acids is 2. The summed E-state index contributed by atoms with van der Waals surface area (Å²) in [4.78, 5) is 29.7. The second-order valence-corrected chi connectivity index (χ2v) is 9.08. The van der Waals surface area contributed by atoms with Crippen molar-refractivity contribution in [3.05, 3.63) is 29.3 Å². The molecule has 0 radical (unpaired) electrons. The summed E-state index contributed by atoms with van der Waals surface area (Å²) >= 11 is 0. The Balaban J connectivity index is 1.93. The molecule has 0 aromatic heterocycles. The van der Waals surface area contributed by atoms with Crippen LogP contribution in [0.25, 0.3) is 0 Å². The number of ether oxygens (including phenoxy) is 4. The van der Waals surface area contributed by atoms with Crippen LogP contribution < -0.4 is 4.74 Å². The smallest absolute Gasteiger partial charge is 0.257 e. The van der Waals surface area contributed by atoms with Gasteiger partial charge in [-0.25, -0.2) is 0 Å². The lowest BCUT2D eigenvalue weighted by atomic mass is 9.97. The van der Waals surface area contributed by atoms with Crippen LogP contribution in [0.3, 0.4) is 0 Å². The third-order valence-electron chi connectivity index (χ3n) is 6.77. The molecule has 3 rings (SSSR count). The molecule has 2 heterocycles. The lowest BCUT2D eigenvalue weighted by Gasteiger charge is -2.38. The zero-order valence-electron chi connectivity index (χ0n) is 20.7. The van der Waals surface area contributed by atoms with Gasteiger partial charge in [0.2, 0.25) is 5.91 Å². The molecule has 2 aliphatic rings. The fourth-order valence-electron chi connectivity index (χ4n) is 4.64. The van der Waals surface area contributed by atoms with E-state index < -0.39 is 12.0 Å². The van der Waals surface area contributed by atoms with Gasteiger partial charge >= 0.3 is 0 Å². The zero-order valence-corrected chi connectivity index (χ0v) is 20.7. The maximum atomic E-state index is 13.3. The van der Waals surface area contributed by atoms with Gasteiger partial charge in [0.05, 0.1) is 48.0 Å². The minimum absolute atomic E-state index is 0.0443. The molecule has 0 unspecified atom stereocenters. The van der Waals surface area contributed by atoms with Crippen LogP contribution in [0.1, 0.15) is 42.1 Å². The molecule has 34 heavy (non-hydrogen) atoms. The number of nitrogens with zero attached hydrogens (tertiary/aromatic N) is 3. The second-order valence-electron chi connectivity index (χ2n) is 9.08. The molecule has 1 fully saturated rings. The Morgan fingerprint density at radius 3 is 2.44 bits per heavy atom. The molecular formula is C25H35N3O6. The van der Waals surface area contributed by atoms with Crippen molar-refractivity contribution in [2.75, 3.05) is 48.0 Å². The van der Waals surface area contributed by atoms with Crippen molar-refractivity contribution in [2.24, 2.45) is 5.92 Å². The van der Waals surface area contributed by atoms with Gasteiger partial charge in [-0.3, -0.25) is 9.59 Å². The monoisotopic (exact) mass is 473 g/mol. The molecule has 2 aliphatic heterocycles. The first-order valence-electron chi connectivity index (χ1n) is 11.7. The van der Waals surface area contributed by atoms with Gasteiger partial charge in [0.15, 0.2) is 0 Å². The summed E-state index contributed by atoms with van der Waals surface area (Å²) in [6.07, 6.45) is 1.39. The molecular weight excluding hydrogens is 438 g/mol. The largest absolute Gasteiger partial charge is 0.493 e. The highest BCUT2D eigenvalue weighted by molar-refractivity contribution is 5.97. The summed E-state index contributed by atoms with van der Waals surface area (Å²) in [5, 5.41) is 9.33. The Hall–Kier alpha value is -2.67. The van der Waals surface area contributed by atoms with Crippen LogP contribution in [-0.4, -0.2) is 94.0 Å². The molecule has 0 saturated carbocycles. The molecule has 2 bridgehead atoms. The first-order valence-corrected chi connectivity index (χ1v) is 11.7. The van der Waals surface area contributed by atoms with E-state index in [2.05, 4.69) is 6.07 Å². The Morgan fingerprint density at radius 1 is 1.03 bits per heavy atom. The van der Waals surface area contributed by atoms with Crippen LogP contribution in [0.4, 0.5) is 0 Å². The molecule has 0 spiro atoms. The van der Waals surface area contributed by atoms with E-state index in [0.717, 1.165) is 12.8 Å². The highest BCUT2D eigenvalue weighted by atomic mass is 16.5. The first-order chi connectivity index (χ1) is 16.3. The van der Waals surface area contributed by atoms with Crippen molar-refractivity contribution in [3.8, 4) is 11.8 Å². The molecule has 1 saturated heterocycles. The number of carbonyl (C=O) groups is 2. The molecule has 0 N–H and O–H groups in total. The van der Waals surface area contributed by atoms with E-state index >= 15 is 0 Å². The first kappa shape index (κ1) is 25.9. The van der Waals surface area contributed by atoms with E-state index in [9.17, 15) is 14.9 Å². The van der Waals surface area contributed by atoms with Gasteiger partial charge in [-0.1, -0.05) is 6.92 Å². The normalized spacial score (nSPS) is 29.2. The van der Waals surface area contributed by atoms with Gasteiger partial charge in [-0.15, -0.1) is 0 Å². The topological polar surface area (TPSA) is 101 Å². The zero-order chi connectivity index (χ0) is 24.8. The van der Waals surface area contributed by atoms with Crippen molar-refractivity contribution in [1.82, 2.24) is 9.80 Å². The summed E-state index contributed by atoms with van der Waals surface area (Å²) in [5.41, 5.74) is 0.678. The Bertz CT molecular complexity index is 916. The summed E-state index contributed by atoms with van der Waals surface area (Å²) in [7, 11) is 6.61. The van der Waals surface area contributed by atoms with Gasteiger partial charge in [0.1, 0.15) is 11.9 Å². The second kappa shape index (κ2) is 11.6. The van der Waals surface area contributed by atoms with Crippen molar-refractivity contribution < 1.29 is 28.5 Å². The van der Waals surface area contributed by atoms with Crippen molar-refractivity contribution in [2.45, 2.75) is 50.6 Å². The Kier molecular flexibility index (Phi) is 8.89. The van der Waals surface area contributed by atoms with E-state index in [4.69, 9.17) is 18.9 Å². The number of fused-ring (bicyclic) bond motifs is 3. The third kappa shape index (κ3) is 5.87. The van der Waals surface area contributed by atoms with Gasteiger partial charge in [-0.05, 0) is 31.0 Å². The van der Waals surface area contributed by atoms with Gasteiger partial charge < -0.3 is 28.7 Å². The summed E-state index contributed by atoms with van der Waals surface area (Å²) in [5.74, 6) is -0.454. The minimum Gasteiger partial charge on any atom is -0.493 e. The van der Waals surface area contributed by atoms with Crippen molar-refractivity contribution in [3.63, 3.8) is 0 Å². The van der Waals surface area contributed by atoms with Crippen LogP contribution in [0.5, 0.6) is 5.75 Å². The predicted octanol–water partition coefficient (Wildman–Crippen LogP) is 2.08. The summed E-state index contributed by atoms with van der Waals surface area (Å²) in [6.45, 7) is 2.77. The fraction of sp³-hybridized carbons (Fsp3) is 0.640. The third-order valence-corrected chi connectivity index (χ3v) is 6.77. The molecule has 5 atom stereocenters. The van der Waals surface area contributed by atoms with Crippen molar-refractivity contribution in [1.29, 1.82) is 5.26 Å². The van der Waals surface area contributed by atoms with Crippen LogP contribution in [0.15, 0.2) is 18.2 Å². The van der Waals surface area contributed by atoms with E-state index in [1.807, 2.05) is 0 Å². The lowest BCUT2D eigenvalue weighted by Crippen LogP contribution is -2.50. The van der Waals surface area contributed by atoms with Crippen LogP contribution >= 0.6 is 0 Å². The van der Waals surface area contributed by atoms with Gasteiger partial charge in [0.25, 0.3) is 5.91 Å². The molecule has 9 heteroatoms. The average molecular weight is 474 g/mol. The highest BCUT2D eigenvalue weighted by Gasteiger charge is 2.35. The van der Waals surface area contributed by atoms with E-state index in [0.29, 0.717) is 36.4 Å². The number of hydrogen-bond acceptors (Lipinski definition) is 7. The van der Waals surface area contributed by atoms with Gasteiger partial charge in [0, 0.05) is 47.8 Å². The van der Waals surface area contributed by atoms with Crippen LogP contribution in [0, 0.1) is 17.2 Å². The van der Waals surface area contributed by atoms with Crippen molar-refractivity contribution >= 4 is 11.8 Å². The number of amides is 2. The number of likely N-dealkylation sites (N-methyl/N-ethyl adjacent to an activating group) is 2. The predicted molar refractivity (Wildman–Crippen MR) is 125 cm³/mol.